The van der Waals surface area contributed by atoms with Crippen LogP contribution < -0.4 is 4.72 Å². The fourth-order valence-corrected chi connectivity index (χ4v) is 2.86. The lowest BCUT2D eigenvalue weighted by atomic mass is 9.97. The number of rotatable bonds is 5. The molecule has 0 spiro atoms. The highest BCUT2D eigenvalue weighted by Crippen LogP contribution is 2.31. The molecule has 0 radical (unpaired) electrons. The maximum atomic E-state index is 11.5. The van der Waals surface area contributed by atoms with Crippen molar-refractivity contribution in [3.8, 4) is 6.07 Å². The molecule has 0 aromatic carbocycles. The van der Waals surface area contributed by atoms with Crippen LogP contribution in [-0.2, 0) is 14.8 Å². The number of hydrogen-bond acceptors (Lipinski definition) is 4. The summed E-state index contributed by atoms with van der Waals surface area (Å²) in [4.78, 5) is 10.9. The third-order valence-corrected chi connectivity index (χ3v) is 4.78. The number of carboxylic acids is 1. The van der Waals surface area contributed by atoms with Crippen LogP contribution in [0.1, 0.15) is 26.2 Å². The van der Waals surface area contributed by atoms with Gasteiger partial charge in [-0.2, -0.15) is 5.26 Å². The van der Waals surface area contributed by atoms with Gasteiger partial charge in [0.1, 0.15) is 0 Å². The highest BCUT2D eigenvalue weighted by molar-refractivity contribution is 7.90. The zero-order valence-electron chi connectivity index (χ0n) is 9.59. The minimum Gasteiger partial charge on any atom is -0.481 e. The van der Waals surface area contributed by atoms with Crippen molar-refractivity contribution in [3.05, 3.63) is 0 Å². The van der Waals surface area contributed by atoms with Crippen LogP contribution in [0.4, 0.5) is 0 Å². The van der Waals surface area contributed by atoms with Crippen molar-refractivity contribution in [2.75, 3.05) is 6.54 Å². The Labute approximate surface area is 101 Å². The quantitative estimate of drug-likeness (QED) is 0.740. The lowest BCUT2D eigenvalue weighted by Crippen LogP contribution is -2.37. The second-order valence-electron chi connectivity index (χ2n) is 4.30. The van der Waals surface area contributed by atoms with Crippen molar-refractivity contribution in [2.24, 2.45) is 11.8 Å². The molecule has 7 heteroatoms. The molecule has 1 saturated carbocycles. The van der Waals surface area contributed by atoms with E-state index < -0.39 is 27.2 Å². The van der Waals surface area contributed by atoms with Crippen molar-refractivity contribution in [2.45, 2.75) is 31.4 Å². The topological polar surface area (TPSA) is 107 Å². The van der Waals surface area contributed by atoms with Gasteiger partial charge in [0.05, 0.1) is 12.0 Å². The van der Waals surface area contributed by atoms with Gasteiger partial charge in [-0.25, -0.2) is 13.1 Å². The Hall–Kier alpha value is -1.13. The van der Waals surface area contributed by atoms with Crippen LogP contribution in [0.3, 0.4) is 0 Å². The molecule has 96 valence electrons. The molecular formula is C10H16N2O4S. The SMILES string of the molecule is CC(C#N)S(=O)(=O)NCC1CCCC1C(=O)O. The Bertz CT molecular complexity index is 426. The van der Waals surface area contributed by atoms with Gasteiger partial charge in [-0.1, -0.05) is 6.42 Å². The van der Waals surface area contributed by atoms with E-state index in [1.165, 1.54) is 6.92 Å². The van der Waals surface area contributed by atoms with Gasteiger partial charge >= 0.3 is 5.97 Å². The Morgan fingerprint density at radius 1 is 1.59 bits per heavy atom. The summed E-state index contributed by atoms with van der Waals surface area (Å²) in [6.07, 6.45) is 2.10. The van der Waals surface area contributed by atoms with Gasteiger partial charge in [-0.05, 0) is 25.7 Å². The second-order valence-corrected chi connectivity index (χ2v) is 6.39. The number of sulfonamides is 1. The first kappa shape index (κ1) is 13.9. The van der Waals surface area contributed by atoms with Gasteiger partial charge in [0.15, 0.2) is 5.25 Å². The van der Waals surface area contributed by atoms with Crippen LogP contribution in [0.5, 0.6) is 0 Å². The van der Waals surface area contributed by atoms with Crippen molar-refractivity contribution in [1.29, 1.82) is 5.26 Å². The standard InChI is InChI=1S/C10H16N2O4S/c1-7(5-11)17(15,16)12-6-8-3-2-4-9(8)10(13)14/h7-9,12H,2-4,6H2,1H3,(H,13,14). The van der Waals surface area contributed by atoms with Crippen LogP contribution in [0.15, 0.2) is 0 Å². The molecule has 0 amide bonds. The number of carboxylic acid groups (broad SMARTS) is 1. The molecule has 1 fully saturated rings. The summed E-state index contributed by atoms with van der Waals surface area (Å²) in [5, 5.41) is 16.4. The lowest BCUT2D eigenvalue weighted by molar-refractivity contribution is -0.142. The van der Waals surface area contributed by atoms with Gasteiger partial charge in [-0.3, -0.25) is 4.79 Å². The molecule has 6 nitrogen and oxygen atoms in total. The molecule has 0 aromatic rings. The predicted molar refractivity (Wildman–Crippen MR) is 60.5 cm³/mol. The summed E-state index contributed by atoms with van der Waals surface area (Å²) in [7, 11) is -3.65. The fourth-order valence-electron chi connectivity index (χ4n) is 2.02. The largest absolute Gasteiger partial charge is 0.481 e. The minimum atomic E-state index is -3.65. The molecular weight excluding hydrogens is 244 g/mol. The Balaban J connectivity index is 2.57. The van der Waals surface area contributed by atoms with E-state index in [0.717, 1.165) is 6.42 Å². The molecule has 2 N–H and O–H groups in total. The summed E-state index contributed by atoms with van der Waals surface area (Å²) in [6.45, 7) is 1.40. The molecule has 3 unspecified atom stereocenters. The predicted octanol–water partition coefficient (Wildman–Crippen LogP) is 0.319. The van der Waals surface area contributed by atoms with Gasteiger partial charge in [0.25, 0.3) is 0 Å². The number of nitriles is 1. The van der Waals surface area contributed by atoms with E-state index in [2.05, 4.69) is 4.72 Å². The third-order valence-electron chi connectivity index (χ3n) is 3.17. The molecule has 3 atom stereocenters. The normalized spacial score (nSPS) is 26.4. The van der Waals surface area contributed by atoms with Crippen LogP contribution >= 0.6 is 0 Å². The van der Waals surface area contributed by atoms with Crippen molar-refractivity contribution in [1.82, 2.24) is 4.72 Å². The minimum absolute atomic E-state index is 0.103. The van der Waals surface area contributed by atoms with Gasteiger partial charge in [0, 0.05) is 6.54 Å². The van der Waals surface area contributed by atoms with Gasteiger partial charge < -0.3 is 5.11 Å². The molecule has 0 bridgehead atoms. The molecule has 1 rings (SSSR count). The summed E-state index contributed by atoms with van der Waals surface area (Å²) < 4.78 is 25.4. The Morgan fingerprint density at radius 2 is 2.24 bits per heavy atom. The first-order chi connectivity index (χ1) is 7.88. The van der Waals surface area contributed by atoms with E-state index in [9.17, 15) is 13.2 Å². The van der Waals surface area contributed by atoms with Gasteiger partial charge in [0.2, 0.25) is 10.0 Å². The smallest absolute Gasteiger partial charge is 0.306 e. The van der Waals surface area contributed by atoms with Crippen LogP contribution in [0.2, 0.25) is 0 Å². The van der Waals surface area contributed by atoms with E-state index in [1.54, 1.807) is 6.07 Å². The second kappa shape index (κ2) is 5.47. The van der Waals surface area contributed by atoms with Crippen LogP contribution in [-0.4, -0.2) is 31.3 Å². The Kier molecular flexibility index (Phi) is 4.48. The average Bonchev–Trinajstić information content (AvgIpc) is 2.73. The summed E-state index contributed by atoms with van der Waals surface area (Å²) in [5.74, 6) is -1.52. The van der Waals surface area contributed by atoms with Crippen molar-refractivity contribution < 1.29 is 18.3 Å². The maximum absolute atomic E-state index is 11.5. The number of nitrogens with zero attached hydrogens (tertiary/aromatic N) is 1. The maximum Gasteiger partial charge on any atom is 0.306 e. The summed E-state index contributed by atoms with van der Waals surface area (Å²) in [5.41, 5.74) is 0. The first-order valence-electron chi connectivity index (χ1n) is 5.49. The zero-order valence-corrected chi connectivity index (χ0v) is 10.4. The summed E-state index contributed by atoms with van der Waals surface area (Å²) in [6, 6.07) is 1.65. The number of carbonyl (C=O) groups is 1. The zero-order chi connectivity index (χ0) is 13.1. The molecule has 1 aliphatic carbocycles. The first-order valence-corrected chi connectivity index (χ1v) is 7.04. The Morgan fingerprint density at radius 3 is 2.76 bits per heavy atom. The molecule has 1 aliphatic rings. The lowest BCUT2D eigenvalue weighted by Gasteiger charge is -2.16. The molecule has 0 saturated heterocycles. The van der Waals surface area contributed by atoms with Crippen molar-refractivity contribution in [3.63, 3.8) is 0 Å². The number of hydrogen-bond donors (Lipinski definition) is 2. The molecule has 0 aliphatic heterocycles. The highest BCUT2D eigenvalue weighted by atomic mass is 32.2. The fraction of sp³-hybridized carbons (Fsp3) is 0.800. The van der Waals surface area contributed by atoms with E-state index in [0.29, 0.717) is 12.8 Å². The van der Waals surface area contributed by atoms with E-state index in [1.807, 2.05) is 0 Å². The van der Waals surface area contributed by atoms with E-state index in [-0.39, 0.29) is 12.5 Å². The van der Waals surface area contributed by atoms with Gasteiger partial charge in [-0.15, -0.1) is 0 Å². The van der Waals surface area contributed by atoms with Crippen LogP contribution in [0, 0.1) is 23.2 Å². The molecule has 0 heterocycles. The number of nitrogens with one attached hydrogen (secondary N) is 1. The van der Waals surface area contributed by atoms with Crippen molar-refractivity contribution >= 4 is 16.0 Å². The highest BCUT2D eigenvalue weighted by Gasteiger charge is 2.34. The number of aliphatic carboxylic acids is 1. The molecule has 0 aromatic heterocycles. The third kappa shape index (κ3) is 3.41. The molecule has 17 heavy (non-hydrogen) atoms. The van der Waals surface area contributed by atoms with Crippen LogP contribution in [0.25, 0.3) is 0 Å². The average molecular weight is 260 g/mol. The van der Waals surface area contributed by atoms with E-state index in [4.69, 9.17) is 10.4 Å². The monoisotopic (exact) mass is 260 g/mol. The summed E-state index contributed by atoms with van der Waals surface area (Å²) >= 11 is 0. The van der Waals surface area contributed by atoms with E-state index >= 15 is 0 Å².